The van der Waals surface area contributed by atoms with Crippen molar-refractivity contribution in [2.75, 3.05) is 11.9 Å². The van der Waals surface area contributed by atoms with Gasteiger partial charge in [0.05, 0.1) is 5.02 Å². The fourth-order valence-corrected chi connectivity index (χ4v) is 2.39. The normalized spacial score (nSPS) is 11.7. The molecule has 26 heavy (non-hydrogen) atoms. The average Bonchev–Trinajstić information content (AvgIpc) is 2.61. The van der Waals surface area contributed by atoms with Gasteiger partial charge < -0.3 is 15.4 Å². The molecule has 0 bridgehead atoms. The van der Waals surface area contributed by atoms with E-state index in [1.807, 2.05) is 6.07 Å². The van der Waals surface area contributed by atoms with Crippen LogP contribution in [-0.4, -0.2) is 24.5 Å². The number of hydrogen-bond acceptors (Lipinski definition) is 3. The highest BCUT2D eigenvalue weighted by atomic mass is 35.5. The Morgan fingerprint density at radius 2 is 1.85 bits per heavy atom. The topological polar surface area (TPSA) is 67.4 Å². The minimum Gasteiger partial charge on any atom is -0.484 e. The van der Waals surface area contributed by atoms with Crippen LogP contribution in [0.1, 0.15) is 13.8 Å². The van der Waals surface area contributed by atoms with Crippen molar-refractivity contribution in [3.8, 4) is 5.75 Å². The second-order valence-corrected chi connectivity index (χ2v) is 6.42. The van der Waals surface area contributed by atoms with Gasteiger partial charge in [0.15, 0.2) is 6.61 Å². The molecule has 0 aliphatic carbocycles. The molecule has 0 saturated heterocycles. The number of rotatable bonds is 7. The third-order valence-corrected chi connectivity index (χ3v) is 3.86. The largest absolute Gasteiger partial charge is 0.484 e. The van der Waals surface area contributed by atoms with Gasteiger partial charge in [-0.2, -0.15) is 0 Å². The number of hydrogen-bond donors (Lipinski definition) is 2. The van der Waals surface area contributed by atoms with Gasteiger partial charge in [-0.3, -0.25) is 9.59 Å². The molecule has 0 spiro atoms. The van der Waals surface area contributed by atoms with Gasteiger partial charge in [0, 0.05) is 5.69 Å². The molecule has 0 heterocycles. The molecule has 138 valence electrons. The molecule has 0 unspecified atom stereocenters. The van der Waals surface area contributed by atoms with E-state index in [0.717, 1.165) is 6.07 Å². The van der Waals surface area contributed by atoms with E-state index in [2.05, 4.69) is 10.6 Å². The first kappa shape index (κ1) is 19.7. The summed E-state index contributed by atoms with van der Waals surface area (Å²) in [4.78, 5) is 24.6. The fraction of sp³-hybridized carbons (Fsp3) is 0.263. The van der Waals surface area contributed by atoms with Gasteiger partial charge in [0.1, 0.15) is 17.6 Å². The standard InChI is InChI=1S/C19H20ClFN2O3/c1-12(2)18(19(25)22-13-8-9-16(21)15(20)10-13)23-17(24)11-26-14-6-4-3-5-7-14/h3-10,12,18H,11H2,1-2H3,(H,22,25)(H,23,24)/t18-/m0/s1. The lowest BCUT2D eigenvalue weighted by atomic mass is 10.0. The van der Waals surface area contributed by atoms with Crippen LogP contribution in [0.3, 0.4) is 0 Å². The molecule has 0 aliphatic heterocycles. The molecule has 2 amide bonds. The molecule has 0 aromatic heterocycles. The van der Waals surface area contributed by atoms with Crippen molar-refractivity contribution < 1.29 is 18.7 Å². The Hall–Kier alpha value is -2.60. The maximum Gasteiger partial charge on any atom is 0.258 e. The van der Waals surface area contributed by atoms with E-state index in [1.165, 1.54) is 12.1 Å². The molecule has 7 heteroatoms. The van der Waals surface area contributed by atoms with E-state index in [-0.39, 0.29) is 17.5 Å². The third-order valence-electron chi connectivity index (χ3n) is 3.57. The highest BCUT2D eigenvalue weighted by Crippen LogP contribution is 2.20. The maximum atomic E-state index is 13.2. The van der Waals surface area contributed by atoms with E-state index in [0.29, 0.717) is 11.4 Å². The van der Waals surface area contributed by atoms with Crippen molar-refractivity contribution in [3.05, 3.63) is 59.4 Å². The zero-order chi connectivity index (χ0) is 19.1. The molecular weight excluding hydrogens is 359 g/mol. The number of ether oxygens (including phenoxy) is 1. The predicted octanol–water partition coefficient (Wildman–Crippen LogP) is 3.64. The van der Waals surface area contributed by atoms with E-state index in [9.17, 15) is 14.0 Å². The van der Waals surface area contributed by atoms with Crippen molar-refractivity contribution in [2.45, 2.75) is 19.9 Å². The first-order valence-electron chi connectivity index (χ1n) is 8.10. The van der Waals surface area contributed by atoms with E-state index in [4.69, 9.17) is 16.3 Å². The van der Waals surface area contributed by atoms with Gasteiger partial charge in [-0.15, -0.1) is 0 Å². The van der Waals surface area contributed by atoms with E-state index >= 15 is 0 Å². The Bertz CT molecular complexity index is 769. The van der Waals surface area contributed by atoms with Crippen LogP contribution in [0.2, 0.25) is 5.02 Å². The van der Waals surface area contributed by atoms with Gasteiger partial charge in [-0.1, -0.05) is 43.6 Å². The van der Waals surface area contributed by atoms with Crippen LogP contribution < -0.4 is 15.4 Å². The Morgan fingerprint density at radius 3 is 2.46 bits per heavy atom. The number of halogens is 2. The van der Waals surface area contributed by atoms with Gasteiger partial charge in [0.2, 0.25) is 5.91 Å². The van der Waals surface area contributed by atoms with Crippen LogP contribution in [0.4, 0.5) is 10.1 Å². The number of para-hydroxylation sites is 1. The van der Waals surface area contributed by atoms with Crippen LogP contribution in [-0.2, 0) is 9.59 Å². The molecule has 1 atom stereocenters. The molecule has 0 fully saturated rings. The Morgan fingerprint density at radius 1 is 1.15 bits per heavy atom. The number of benzene rings is 2. The summed E-state index contributed by atoms with van der Waals surface area (Å²) < 4.78 is 18.6. The first-order valence-corrected chi connectivity index (χ1v) is 8.47. The van der Waals surface area contributed by atoms with Crippen molar-refractivity contribution in [1.82, 2.24) is 5.32 Å². The first-order chi connectivity index (χ1) is 12.4. The summed E-state index contributed by atoms with van der Waals surface area (Å²) in [6.45, 7) is 3.41. The van der Waals surface area contributed by atoms with E-state index in [1.54, 1.807) is 38.1 Å². The average molecular weight is 379 g/mol. The molecular formula is C19H20ClFN2O3. The summed E-state index contributed by atoms with van der Waals surface area (Å²) in [7, 11) is 0. The van der Waals surface area contributed by atoms with Crippen molar-refractivity contribution in [2.24, 2.45) is 5.92 Å². The fourth-order valence-electron chi connectivity index (χ4n) is 2.21. The van der Waals surface area contributed by atoms with Crippen molar-refractivity contribution in [1.29, 1.82) is 0 Å². The highest BCUT2D eigenvalue weighted by molar-refractivity contribution is 6.31. The van der Waals surface area contributed by atoms with Crippen LogP contribution in [0.25, 0.3) is 0 Å². The molecule has 0 aliphatic rings. The Labute approximate surface area is 156 Å². The smallest absolute Gasteiger partial charge is 0.258 e. The molecule has 2 N–H and O–H groups in total. The molecule has 2 aromatic carbocycles. The second kappa shape index (κ2) is 9.20. The lowest BCUT2D eigenvalue weighted by Crippen LogP contribution is -2.48. The summed E-state index contributed by atoms with van der Waals surface area (Å²) in [6, 6.07) is 12.0. The minimum absolute atomic E-state index is 0.0933. The van der Waals surface area contributed by atoms with Crippen LogP contribution >= 0.6 is 11.6 Å². The van der Waals surface area contributed by atoms with Crippen LogP contribution in [0.15, 0.2) is 48.5 Å². The lowest BCUT2D eigenvalue weighted by molar-refractivity contribution is -0.128. The zero-order valence-corrected chi connectivity index (χ0v) is 15.2. The quantitative estimate of drug-likeness (QED) is 0.773. The maximum absolute atomic E-state index is 13.2. The highest BCUT2D eigenvalue weighted by Gasteiger charge is 2.24. The van der Waals surface area contributed by atoms with Crippen LogP contribution in [0, 0.1) is 11.7 Å². The summed E-state index contributed by atoms with van der Waals surface area (Å²) in [5.41, 5.74) is 0.349. The number of nitrogens with one attached hydrogen (secondary N) is 2. The van der Waals surface area contributed by atoms with Gasteiger partial charge >= 0.3 is 0 Å². The van der Waals surface area contributed by atoms with Gasteiger partial charge in [-0.05, 0) is 36.2 Å². The third kappa shape index (κ3) is 5.74. The van der Waals surface area contributed by atoms with Gasteiger partial charge in [0.25, 0.3) is 5.91 Å². The van der Waals surface area contributed by atoms with Crippen molar-refractivity contribution in [3.63, 3.8) is 0 Å². The summed E-state index contributed by atoms with van der Waals surface area (Å²) in [5, 5.41) is 5.18. The minimum atomic E-state index is -0.772. The van der Waals surface area contributed by atoms with Crippen LogP contribution in [0.5, 0.6) is 5.75 Å². The summed E-state index contributed by atoms with van der Waals surface area (Å²) >= 11 is 5.71. The summed E-state index contributed by atoms with van der Waals surface area (Å²) in [6.07, 6.45) is 0. The molecule has 5 nitrogen and oxygen atoms in total. The lowest BCUT2D eigenvalue weighted by Gasteiger charge is -2.22. The number of carbonyl (C=O) groups is 2. The molecule has 2 aromatic rings. The second-order valence-electron chi connectivity index (χ2n) is 6.01. The van der Waals surface area contributed by atoms with E-state index < -0.39 is 23.7 Å². The molecule has 0 saturated carbocycles. The molecule has 0 radical (unpaired) electrons. The number of amides is 2. The monoisotopic (exact) mass is 378 g/mol. The Kier molecular flexibility index (Phi) is 6.97. The SMILES string of the molecule is CC(C)[C@H](NC(=O)COc1ccccc1)C(=O)Nc1ccc(F)c(Cl)c1. The predicted molar refractivity (Wildman–Crippen MR) is 98.7 cm³/mol. The van der Waals surface area contributed by atoms with Crippen molar-refractivity contribution >= 4 is 29.1 Å². The Balaban J connectivity index is 1.95. The number of anilines is 1. The molecule has 2 rings (SSSR count). The summed E-state index contributed by atoms with van der Waals surface area (Å²) in [5.74, 6) is -1.01. The van der Waals surface area contributed by atoms with Gasteiger partial charge in [-0.25, -0.2) is 4.39 Å². The zero-order valence-electron chi connectivity index (χ0n) is 14.5. The number of carbonyl (C=O) groups excluding carboxylic acids is 2.